The van der Waals surface area contributed by atoms with Gasteiger partial charge in [0.1, 0.15) is 11.0 Å². The van der Waals surface area contributed by atoms with Crippen LogP contribution >= 0.6 is 12.2 Å². The number of thiocarbonyl (C=S) groups is 1. The summed E-state index contributed by atoms with van der Waals surface area (Å²) in [6.45, 7) is 3.83. The van der Waals surface area contributed by atoms with Crippen LogP contribution in [0.4, 0.5) is 5.69 Å². The summed E-state index contributed by atoms with van der Waals surface area (Å²) in [5.74, 6) is -0.217. The molecule has 1 unspecified atom stereocenters. The van der Waals surface area contributed by atoms with E-state index in [-0.39, 0.29) is 11.5 Å². The maximum atomic E-state index is 12.6. The fraction of sp³-hybridized carbons (Fsp3) is 0.278. The summed E-state index contributed by atoms with van der Waals surface area (Å²) in [4.78, 5) is 25.1. The second-order valence-electron chi connectivity index (χ2n) is 5.68. The van der Waals surface area contributed by atoms with Gasteiger partial charge < -0.3 is 15.6 Å². The quantitative estimate of drug-likeness (QED) is 0.791. The Morgan fingerprint density at radius 2 is 1.96 bits per heavy atom. The summed E-state index contributed by atoms with van der Waals surface area (Å²) in [7, 11) is 0. The Kier molecular flexibility index (Phi) is 5.87. The number of amides is 1. The highest BCUT2D eigenvalue weighted by atomic mass is 32.1. The van der Waals surface area contributed by atoms with E-state index in [0.717, 1.165) is 17.5 Å². The molecule has 1 aromatic carbocycles. The average molecular weight is 343 g/mol. The molecule has 0 aliphatic rings. The minimum atomic E-state index is -0.543. The first-order valence-corrected chi connectivity index (χ1v) is 8.22. The van der Waals surface area contributed by atoms with E-state index >= 15 is 0 Å². The number of carbonyl (C=O) groups is 1. The van der Waals surface area contributed by atoms with Crippen molar-refractivity contribution in [3.8, 4) is 0 Å². The predicted octanol–water partition coefficient (Wildman–Crippen LogP) is 2.77. The maximum absolute atomic E-state index is 12.6. The standard InChI is InChI=1S/C18H21N3O2S/c1-3-4-15(21-10-9-12(2)11-16(21)22)18(23)20-14-7-5-13(6-8-14)17(19)24/h5-11,15H,3-4H2,1-2H3,(H2,19,24)(H,20,23). The second kappa shape index (κ2) is 7.88. The Labute approximate surface area is 146 Å². The van der Waals surface area contributed by atoms with E-state index in [0.29, 0.717) is 17.1 Å². The van der Waals surface area contributed by atoms with Crippen LogP contribution in [-0.2, 0) is 4.79 Å². The van der Waals surface area contributed by atoms with Crippen molar-refractivity contribution in [3.05, 3.63) is 64.1 Å². The van der Waals surface area contributed by atoms with Crippen molar-refractivity contribution in [2.45, 2.75) is 32.7 Å². The number of aromatic nitrogens is 1. The molecule has 1 atom stereocenters. The van der Waals surface area contributed by atoms with Gasteiger partial charge in [-0.15, -0.1) is 0 Å². The van der Waals surface area contributed by atoms with Crippen LogP contribution < -0.4 is 16.6 Å². The number of benzene rings is 1. The summed E-state index contributed by atoms with van der Waals surface area (Å²) >= 11 is 4.91. The molecule has 126 valence electrons. The van der Waals surface area contributed by atoms with Gasteiger partial charge in [-0.2, -0.15) is 0 Å². The summed E-state index contributed by atoms with van der Waals surface area (Å²) in [6, 6.07) is 9.82. The fourth-order valence-electron chi connectivity index (χ4n) is 2.46. The van der Waals surface area contributed by atoms with Gasteiger partial charge >= 0.3 is 0 Å². The number of nitrogens with zero attached hydrogens (tertiary/aromatic N) is 1. The van der Waals surface area contributed by atoms with Crippen LogP contribution in [0.3, 0.4) is 0 Å². The molecule has 0 saturated carbocycles. The number of hydrogen-bond acceptors (Lipinski definition) is 3. The van der Waals surface area contributed by atoms with Gasteiger partial charge in [-0.1, -0.05) is 25.6 Å². The lowest BCUT2D eigenvalue weighted by Gasteiger charge is -2.19. The zero-order chi connectivity index (χ0) is 17.7. The topological polar surface area (TPSA) is 77.1 Å². The van der Waals surface area contributed by atoms with E-state index in [4.69, 9.17) is 18.0 Å². The van der Waals surface area contributed by atoms with E-state index in [9.17, 15) is 9.59 Å². The van der Waals surface area contributed by atoms with Gasteiger partial charge in [-0.3, -0.25) is 9.59 Å². The van der Waals surface area contributed by atoms with Crippen LogP contribution in [0, 0.1) is 6.92 Å². The van der Waals surface area contributed by atoms with Crippen molar-refractivity contribution in [1.29, 1.82) is 0 Å². The zero-order valence-electron chi connectivity index (χ0n) is 13.8. The summed E-state index contributed by atoms with van der Waals surface area (Å²) in [5.41, 5.74) is 7.64. The van der Waals surface area contributed by atoms with Crippen LogP contribution in [0.2, 0.25) is 0 Å². The van der Waals surface area contributed by atoms with Gasteiger partial charge in [0.25, 0.3) is 5.56 Å². The lowest BCUT2D eigenvalue weighted by atomic mass is 10.1. The molecule has 6 heteroatoms. The van der Waals surface area contributed by atoms with E-state index in [1.165, 1.54) is 10.6 Å². The molecule has 0 fully saturated rings. The van der Waals surface area contributed by atoms with Crippen molar-refractivity contribution in [2.75, 3.05) is 5.32 Å². The maximum Gasteiger partial charge on any atom is 0.251 e. The molecule has 1 heterocycles. The van der Waals surface area contributed by atoms with Crippen molar-refractivity contribution in [3.63, 3.8) is 0 Å². The molecule has 1 aromatic heterocycles. The molecule has 24 heavy (non-hydrogen) atoms. The Balaban J connectivity index is 2.22. The SMILES string of the molecule is CCCC(C(=O)Nc1ccc(C(N)=S)cc1)n1ccc(C)cc1=O. The number of aryl methyl sites for hydroxylation is 1. The molecule has 0 aliphatic carbocycles. The molecule has 3 N–H and O–H groups in total. The predicted molar refractivity (Wildman–Crippen MR) is 100 cm³/mol. The van der Waals surface area contributed by atoms with Crippen LogP contribution in [0.1, 0.15) is 36.9 Å². The molecule has 2 aromatic rings. The highest BCUT2D eigenvalue weighted by Crippen LogP contribution is 2.17. The normalized spacial score (nSPS) is 11.8. The minimum Gasteiger partial charge on any atom is -0.389 e. The lowest BCUT2D eigenvalue weighted by Crippen LogP contribution is -2.32. The number of nitrogens with two attached hydrogens (primary N) is 1. The molecule has 2 rings (SSSR count). The molecule has 5 nitrogen and oxygen atoms in total. The number of anilines is 1. The lowest BCUT2D eigenvalue weighted by molar-refractivity contribution is -0.119. The first-order valence-electron chi connectivity index (χ1n) is 7.82. The Morgan fingerprint density at radius 3 is 2.50 bits per heavy atom. The van der Waals surface area contributed by atoms with Crippen molar-refractivity contribution >= 4 is 28.8 Å². The van der Waals surface area contributed by atoms with Crippen LogP contribution in [0.5, 0.6) is 0 Å². The number of pyridine rings is 1. The van der Waals surface area contributed by atoms with E-state index in [1.807, 2.05) is 19.9 Å². The van der Waals surface area contributed by atoms with Crippen molar-refractivity contribution < 1.29 is 4.79 Å². The molecule has 0 saturated heterocycles. The largest absolute Gasteiger partial charge is 0.389 e. The van der Waals surface area contributed by atoms with Gasteiger partial charge in [-0.05, 0) is 49.2 Å². The van der Waals surface area contributed by atoms with E-state index in [2.05, 4.69) is 5.32 Å². The van der Waals surface area contributed by atoms with Crippen LogP contribution in [-0.4, -0.2) is 15.5 Å². The monoisotopic (exact) mass is 343 g/mol. The number of rotatable bonds is 6. The average Bonchev–Trinajstić information content (AvgIpc) is 2.53. The minimum absolute atomic E-state index is 0.174. The molecule has 0 bridgehead atoms. The highest BCUT2D eigenvalue weighted by molar-refractivity contribution is 7.80. The molecule has 0 radical (unpaired) electrons. The van der Waals surface area contributed by atoms with E-state index in [1.54, 1.807) is 30.5 Å². The van der Waals surface area contributed by atoms with Crippen molar-refractivity contribution in [2.24, 2.45) is 5.73 Å². The highest BCUT2D eigenvalue weighted by Gasteiger charge is 2.20. The molecular weight excluding hydrogens is 322 g/mol. The summed E-state index contributed by atoms with van der Waals surface area (Å²) in [5, 5.41) is 2.85. The Bertz CT molecular complexity index is 797. The summed E-state index contributed by atoms with van der Waals surface area (Å²) < 4.78 is 1.48. The van der Waals surface area contributed by atoms with Crippen LogP contribution in [0.25, 0.3) is 0 Å². The van der Waals surface area contributed by atoms with Crippen LogP contribution in [0.15, 0.2) is 47.4 Å². The van der Waals surface area contributed by atoms with Gasteiger partial charge in [0.15, 0.2) is 0 Å². The summed E-state index contributed by atoms with van der Waals surface area (Å²) in [6.07, 6.45) is 3.05. The third kappa shape index (κ3) is 4.29. The van der Waals surface area contributed by atoms with Gasteiger partial charge in [0.05, 0.1) is 0 Å². The third-order valence-electron chi connectivity index (χ3n) is 3.74. The molecule has 0 aliphatic heterocycles. The molecular formula is C18H21N3O2S. The molecule has 0 spiro atoms. The smallest absolute Gasteiger partial charge is 0.251 e. The van der Waals surface area contributed by atoms with Crippen molar-refractivity contribution in [1.82, 2.24) is 4.57 Å². The fourth-order valence-corrected chi connectivity index (χ4v) is 2.60. The number of hydrogen-bond donors (Lipinski definition) is 2. The number of carbonyl (C=O) groups excluding carboxylic acids is 1. The van der Waals surface area contributed by atoms with E-state index < -0.39 is 6.04 Å². The number of nitrogens with one attached hydrogen (secondary N) is 1. The van der Waals surface area contributed by atoms with Gasteiger partial charge in [0, 0.05) is 23.5 Å². The zero-order valence-corrected chi connectivity index (χ0v) is 14.6. The van der Waals surface area contributed by atoms with Gasteiger partial charge in [-0.25, -0.2) is 0 Å². The third-order valence-corrected chi connectivity index (χ3v) is 3.98. The van der Waals surface area contributed by atoms with Gasteiger partial charge in [0.2, 0.25) is 5.91 Å². The Hall–Kier alpha value is -2.47. The Morgan fingerprint density at radius 1 is 1.29 bits per heavy atom. The molecule has 1 amide bonds. The first-order chi connectivity index (χ1) is 11.4. The first kappa shape index (κ1) is 17.9. The second-order valence-corrected chi connectivity index (χ2v) is 6.12.